The molecule has 0 radical (unpaired) electrons. The van der Waals surface area contributed by atoms with E-state index >= 15 is 0 Å². The Morgan fingerprint density at radius 3 is 2.51 bits per heavy atom. The van der Waals surface area contributed by atoms with E-state index in [4.69, 9.17) is 14.2 Å². The zero-order valence-electron chi connectivity index (χ0n) is 21.6. The second-order valence-corrected chi connectivity index (χ2v) is 8.88. The first-order valence-electron chi connectivity index (χ1n) is 12.4. The van der Waals surface area contributed by atoms with Crippen LogP contribution in [0.25, 0.3) is 0 Å². The fourth-order valence-electron chi connectivity index (χ4n) is 4.78. The van der Waals surface area contributed by atoms with Gasteiger partial charge in [-0.1, -0.05) is 30.3 Å². The van der Waals surface area contributed by atoms with Crippen LogP contribution in [-0.4, -0.2) is 68.6 Å². The summed E-state index contributed by atoms with van der Waals surface area (Å²) in [4.78, 5) is 18.4. The lowest BCUT2D eigenvalue weighted by Gasteiger charge is -2.38. The van der Waals surface area contributed by atoms with Gasteiger partial charge in [-0.05, 0) is 60.2 Å². The molecule has 1 aromatic heterocycles. The number of aromatic nitrogens is 1. The number of carbonyl (C=O) groups excluding carboxylic acids is 1. The van der Waals surface area contributed by atoms with E-state index in [1.807, 2.05) is 6.07 Å². The van der Waals surface area contributed by atoms with Crippen molar-refractivity contribution in [1.82, 2.24) is 9.88 Å². The summed E-state index contributed by atoms with van der Waals surface area (Å²) in [6, 6.07) is 18.0. The molecule has 0 bridgehead atoms. The second-order valence-electron chi connectivity index (χ2n) is 8.88. The Hall–Kier alpha value is -3.62. The van der Waals surface area contributed by atoms with Crippen LogP contribution in [-0.2, 0) is 22.3 Å². The molecule has 1 atom stereocenters. The number of ether oxygens (including phenoxy) is 4. The minimum absolute atomic E-state index is 0.0625. The molecule has 0 spiro atoms. The van der Waals surface area contributed by atoms with Crippen LogP contribution in [0.15, 0.2) is 54.6 Å². The van der Waals surface area contributed by atoms with Crippen molar-refractivity contribution in [1.29, 1.82) is 0 Å². The number of methoxy groups -OCH3 is 3. The molecule has 0 saturated heterocycles. The van der Waals surface area contributed by atoms with Crippen molar-refractivity contribution in [3.63, 3.8) is 0 Å². The van der Waals surface area contributed by atoms with Crippen molar-refractivity contribution in [2.24, 2.45) is 0 Å². The molecule has 1 aliphatic heterocycles. The van der Waals surface area contributed by atoms with E-state index in [0.29, 0.717) is 25.3 Å². The molecule has 0 saturated carbocycles. The summed E-state index contributed by atoms with van der Waals surface area (Å²) in [5.41, 5.74) is 4.39. The maximum Gasteiger partial charge on any atom is 0.360 e. The van der Waals surface area contributed by atoms with E-state index in [1.165, 1.54) is 29.9 Å². The van der Waals surface area contributed by atoms with Crippen molar-refractivity contribution in [3.05, 3.63) is 82.7 Å². The first-order chi connectivity index (χ1) is 18.0. The van der Waals surface area contributed by atoms with Gasteiger partial charge >= 0.3 is 5.97 Å². The van der Waals surface area contributed by atoms with Gasteiger partial charge in [0.1, 0.15) is 5.75 Å². The highest BCUT2D eigenvalue weighted by molar-refractivity contribution is 5.90. The average molecular weight is 507 g/mol. The van der Waals surface area contributed by atoms with E-state index in [0.717, 1.165) is 37.4 Å². The van der Waals surface area contributed by atoms with Crippen LogP contribution < -0.4 is 9.47 Å². The largest absolute Gasteiger partial charge is 0.505 e. The van der Waals surface area contributed by atoms with Crippen molar-refractivity contribution >= 4 is 5.97 Å². The highest BCUT2D eigenvalue weighted by Crippen LogP contribution is 2.40. The molecule has 2 aromatic carbocycles. The summed E-state index contributed by atoms with van der Waals surface area (Å²) in [7, 11) is 4.60. The number of pyridine rings is 1. The van der Waals surface area contributed by atoms with Gasteiger partial charge in [0.2, 0.25) is 0 Å². The number of aromatic hydroxyl groups is 1. The minimum Gasteiger partial charge on any atom is -0.505 e. The Kier molecular flexibility index (Phi) is 8.98. The molecule has 1 N–H and O–H groups in total. The highest BCUT2D eigenvalue weighted by Gasteiger charge is 2.30. The van der Waals surface area contributed by atoms with Gasteiger partial charge in [-0.15, -0.1) is 0 Å². The van der Waals surface area contributed by atoms with Gasteiger partial charge in [0.25, 0.3) is 0 Å². The average Bonchev–Trinajstić information content (AvgIpc) is 2.94. The van der Waals surface area contributed by atoms with Crippen molar-refractivity contribution in [3.8, 4) is 17.2 Å². The molecule has 8 nitrogen and oxygen atoms in total. The molecule has 196 valence electrons. The third-order valence-electron chi connectivity index (χ3n) is 6.64. The van der Waals surface area contributed by atoms with Gasteiger partial charge in [0.05, 0.1) is 34.0 Å². The smallest absolute Gasteiger partial charge is 0.360 e. The Labute approximate surface area is 217 Å². The second kappa shape index (κ2) is 12.6. The zero-order valence-corrected chi connectivity index (χ0v) is 21.6. The van der Waals surface area contributed by atoms with Gasteiger partial charge in [0, 0.05) is 25.4 Å². The predicted octanol–water partition coefficient (Wildman–Crippen LogP) is 4.19. The van der Waals surface area contributed by atoms with E-state index in [2.05, 4.69) is 51.0 Å². The molecule has 0 aliphatic carbocycles. The topological polar surface area (TPSA) is 90.4 Å². The number of carbonyl (C=O) groups is 1. The minimum atomic E-state index is -0.650. The van der Waals surface area contributed by atoms with Gasteiger partial charge in [-0.25, -0.2) is 9.78 Å². The molecule has 0 fully saturated rings. The van der Waals surface area contributed by atoms with Crippen LogP contribution in [0.1, 0.15) is 45.3 Å². The van der Waals surface area contributed by atoms with E-state index in [1.54, 1.807) is 20.3 Å². The summed E-state index contributed by atoms with van der Waals surface area (Å²) in [5, 5.41) is 9.82. The number of rotatable bonds is 11. The van der Waals surface area contributed by atoms with E-state index in [9.17, 15) is 9.90 Å². The highest BCUT2D eigenvalue weighted by atomic mass is 16.5. The monoisotopic (exact) mass is 506 g/mol. The molecular weight excluding hydrogens is 472 g/mol. The standard InChI is InChI=1S/C29H34N2O6/c1-34-25-18-21-13-14-31(28(20-8-5-4-6-9-20)23(21)19-26(25)35-2)15-17-37-16-7-10-22-11-12-24(32)27(30-22)29(33)36-3/h4-6,8-9,11-12,18-19,28,32H,7,10,13-17H2,1-3H3. The van der Waals surface area contributed by atoms with Crippen LogP contribution in [0.4, 0.5) is 0 Å². The lowest BCUT2D eigenvalue weighted by atomic mass is 9.87. The van der Waals surface area contributed by atoms with Gasteiger partial charge in [0.15, 0.2) is 17.2 Å². The summed E-state index contributed by atoms with van der Waals surface area (Å²) in [6.07, 6.45) is 2.31. The number of aryl methyl sites for hydroxylation is 1. The number of nitrogens with zero attached hydrogens (tertiary/aromatic N) is 2. The Morgan fingerprint density at radius 2 is 1.78 bits per heavy atom. The molecule has 1 unspecified atom stereocenters. The van der Waals surface area contributed by atoms with Crippen LogP contribution in [0, 0.1) is 0 Å². The SMILES string of the molecule is COC(=O)c1nc(CCCOCCN2CCc3cc(OC)c(OC)cc3C2c2ccccc2)ccc1O. The number of fused-ring (bicyclic) bond motifs is 1. The Bertz CT molecular complexity index is 1200. The summed E-state index contributed by atoms with van der Waals surface area (Å²) >= 11 is 0. The molecule has 2 heterocycles. The number of esters is 1. The molecule has 4 rings (SSSR count). The van der Waals surface area contributed by atoms with Crippen molar-refractivity contribution in [2.45, 2.75) is 25.3 Å². The fraction of sp³-hybridized carbons (Fsp3) is 0.379. The maximum absolute atomic E-state index is 11.7. The number of hydrogen-bond acceptors (Lipinski definition) is 8. The van der Waals surface area contributed by atoms with Crippen molar-refractivity contribution < 1.29 is 28.8 Å². The quantitative estimate of drug-likeness (QED) is 0.306. The Balaban J connectivity index is 1.37. The van der Waals surface area contributed by atoms with Gasteiger partial charge in [-0.3, -0.25) is 4.90 Å². The van der Waals surface area contributed by atoms with E-state index in [-0.39, 0.29) is 17.5 Å². The van der Waals surface area contributed by atoms with Crippen molar-refractivity contribution in [2.75, 3.05) is 47.6 Å². The number of hydrogen-bond donors (Lipinski definition) is 1. The zero-order chi connectivity index (χ0) is 26.2. The number of benzene rings is 2. The van der Waals surface area contributed by atoms with E-state index < -0.39 is 5.97 Å². The summed E-state index contributed by atoms with van der Waals surface area (Å²) in [6.45, 7) is 2.88. The Morgan fingerprint density at radius 1 is 1.03 bits per heavy atom. The lowest BCUT2D eigenvalue weighted by Crippen LogP contribution is -2.38. The van der Waals surface area contributed by atoms with Crippen LogP contribution >= 0.6 is 0 Å². The molecular formula is C29H34N2O6. The van der Waals surface area contributed by atoms with Crippen LogP contribution in [0.2, 0.25) is 0 Å². The van der Waals surface area contributed by atoms with Crippen LogP contribution in [0.3, 0.4) is 0 Å². The third-order valence-corrected chi connectivity index (χ3v) is 6.64. The summed E-state index contributed by atoms with van der Waals surface area (Å²) in [5.74, 6) is 0.659. The van der Waals surface area contributed by atoms with Crippen LogP contribution in [0.5, 0.6) is 17.2 Å². The maximum atomic E-state index is 11.7. The molecule has 1 aliphatic rings. The molecule has 8 heteroatoms. The first-order valence-corrected chi connectivity index (χ1v) is 12.4. The first kappa shape index (κ1) is 26.4. The predicted molar refractivity (Wildman–Crippen MR) is 139 cm³/mol. The third kappa shape index (κ3) is 6.21. The summed E-state index contributed by atoms with van der Waals surface area (Å²) < 4.78 is 21.8. The van der Waals surface area contributed by atoms with Gasteiger partial charge < -0.3 is 24.1 Å². The lowest BCUT2D eigenvalue weighted by molar-refractivity contribution is 0.0590. The normalized spacial score (nSPS) is 15.2. The molecule has 37 heavy (non-hydrogen) atoms. The molecule has 0 amide bonds. The fourth-order valence-corrected chi connectivity index (χ4v) is 4.78. The van der Waals surface area contributed by atoms with Gasteiger partial charge in [-0.2, -0.15) is 0 Å². The molecule has 3 aromatic rings.